The van der Waals surface area contributed by atoms with Crippen LogP contribution in [-0.4, -0.2) is 56.8 Å². The van der Waals surface area contributed by atoms with E-state index in [4.69, 9.17) is 4.74 Å². The van der Waals surface area contributed by atoms with Crippen molar-refractivity contribution in [1.82, 2.24) is 15.5 Å². The fourth-order valence-electron chi connectivity index (χ4n) is 2.12. The molecule has 1 aromatic carbocycles. The number of hydrogen-bond acceptors (Lipinski definition) is 3. The van der Waals surface area contributed by atoms with Crippen LogP contribution in [-0.2, 0) is 11.3 Å². The largest absolute Gasteiger partial charge is 0.380 e. The Balaban J connectivity index is 2.43. The van der Waals surface area contributed by atoms with Crippen LogP contribution >= 0.6 is 0 Å². The average Bonchev–Trinajstić information content (AvgIpc) is 2.57. The van der Waals surface area contributed by atoms with Crippen molar-refractivity contribution in [3.05, 3.63) is 35.9 Å². The van der Waals surface area contributed by atoms with Gasteiger partial charge in [-0.25, -0.2) is 0 Å². The summed E-state index contributed by atoms with van der Waals surface area (Å²) in [4.78, 5) is 6.99. The molecule has 0 bridgehead atoms. The molecule has 130 valence electrons. The molecule has 1 rings (SSSR count). The van der Waals surface area contributed by atoms with Gasteiger partial charge in [0.05, 0.1) is 13.2 Å². The highest BCUT2D eigenvalue weighted by molar-refractivity contribution is 5.79. The van der Waals surface area contributed by atoms with Gasteiger partial charge in [-0.05, 0) is 33.4 Å². The molecule has 2 N–H and O–H groups in total. The first-order chi connectivity index (χ1) is 11.2. The lowest BCUT2D eigenvalue weighted by Crippen LogP contribution is -2.40. The first-order valence-electron chi connectivity index (χ1n) is 8.51. The highest BCUT2D eigenvalue weighted by Gasteiger charge is 2.09. The summed E-state index contributed by atoms with van der Waals surface area (Å²) in [7, 11) is 2.14. The second-order valence-electron chi connectivity index (χ2n) is 5.59. The van der Waals surface area contributed by atoms with E-state index in [2.05, 4.69) is 65.7 Å². The number of hydrogen-bond donors (Lipinski definition) is 2. The zero-order valence-corrected chi connectivity index (χ0v) is 15.0. The summed E-state index contributed by atoms with van der Waals surface area (Å²) in [6.45, 7) is 11.0. The predicted molar refractivity (Wildman–Crippen MR) is 97.8 cm³/mol. The molecule has 0 amide bonds. The molecular weight excluding hydrogens is 288 g/mol. The van der Waals surface area contributed by atoms with Gasteiger partial charge in [0.2, 0.25) is 0 Å². The molecule has 5 heteroatoms. The number of benzene rings is 1. The first kappa shape index (κ1) is 19.5. The lowest BCUT2D eigenvalue weighted by atomic mass is 10.2. The second-order valence-corrected chi connectivity index (χ2v) is 5.59. The highest BCUT2D eigenvalue weighted by atomic mass is 16.5. The molecule has 1 aromatic rings. The molecule has 0 aliphatic rings. The van der Waals surface area contributed by atoms with Crippen molar-refractivity contribution >= 4 is 5.96 Å². The Hall–Kier alpha value is -1.59. The Kier molecular flexibility index (Phi) is 10.1. The van der Waals surface area contributed by atoms with Crippen molar-refractivity contribution in [2.24, 2.45) is 4.99 Å². The predicted octanol–water partition coefficient (Wildman–Crippen LogP) is 2.10. The van der Waals surface area contributed by atoms with E-state index in [1.807, 2.05) is 13.0 Å². The summed E-state index contributed by atoms with van der Waals surface area (Å²) in [6, 6.07) is 10.9. The zero-order valence-electron chi connectivity index (χ0n) is 15.0. The lowest BCUT2D eigenvalue weighted by Gasteiger charge is -2.24. The lowest BCUT2D eigenvalue weighted by molar-refractivity contribution is 0.152. The molecule has 0 saturated carbocycles. The molecule has 23 heavy (non-hydrogen) atoms. The number of nitrogens with one attached hydrogen (secondary N) is 2. The molecule has 0 radical (unpaired) electrons. The summed E-state index contributed by atoms with van der Waals surface area (Å²) in [6.07, 6.45) is 0. The monoisotopic (exact) mass is 320 g/mol. The van der Waals surface area contributed by atoms with Crippen LogP contribution in [0.4, 0.5) is 0 Å². The fraction of sp³-hybridized carbons (Fsp3) is 0.611. The van der Waals surface area contributed by atoms with Crippen LogP contribution in [0.2, 0.25) is 0 Å². The Morgan fingerprint density at radius 2 is 1.96 bits per heavy atom. The van der Waals surface area contributed by atoms with Crippen LogP contribution in [0.25, 0.3) is 0 Å². The van der Waals surface area contributed by atoms with E-state index in [0.717, 1.165) is 38.7 Å². The van der Waals surface area contributed by atoms with Crippen molar-refractivity contribution in [3.63, 3.8) is 0 Å². The molecule has 0 aliphatic carbocycles. The highest BCUT2D eigenvalue weighted by Crippen LogP contribution is 2.06. The van der Waals surface area contributed by atoms with Gasteiger partial charge in [0, 0.05) is 32.3 Å². The van der Waals surface area contributed by atoms with E-state index < -0.39 is 0 Å². The van der Waals surface area contributed by atoms with E-state index >= 15 is 0 Å². The van der Waals surface area contributed by atoms with Crippen molar-refractivity contribution in [1.29, 1.82) is 0 Å². The Morgan fingerprint density at radius 1 is 1.22 bits per heavy atom. The van der Waals surface area contributed by atoms with Gasteiger partial charge in [-0.3, -0.25) is 9.89 Å². The normalized spacial score (nSPS) is 13.2. The second kappa shape index (κ2) is 11.9. The first-order valence-corrected chi connectivity index (χ1v) is 8.51. The molecular formula is C18H32N4O. The minimum Gasteiger partial charge on any atom is -0.380 e. The van der Waals surface area contributed by atoms with Crippen LogP contribution in [0, 0.1) is 0 Å². The van der Waals surface area contributed by atoms with Crippen LogP contribution in [0.1, 0.15) is 26.3 Å². The summed E-state index contributed by atoms with van der Waals surface area (Å²) >= 11 is 0. The summed E-state index contributed by atoms with van der Waals surface area (Å²) < 4.78 is 5.34. The minimum absolute atomic E-state index is 0.373. The van der Waals surface area contributed by atoms with Gasteiger partial charge in [-0.15, -0.1) is 0 Å². The molecule has 5 nitrogen and oxygen atoms in total. The third-order valence-electron chi connectivity index (χ3n) is 3.63. The number of guanidine groups is 1. The van der Waals surface area contributed by atoms with Crippen molar-refractivity contribution in [3.8, 4) is 0 Å². The average molecular weight is 320 g/mol. The summed E-state index contributed by atoms with van der Waals surface area (Å²) in [5.74, 6) is 0.854. The molecule has 0 aromatic heterocycles. The van der Waals surface area contributed by atoms with Crippen LogP contribution in [0.5, 0.6) is 0 Å². The maximum Gasteiger partial charge on any atom is 0.191 e. The van der Waals surface area contributed by atoms with Crippen molar-refractivity contribution < 1.29 is 4.74 Å². The van der Waals surface area contributed by atoms with Crippen LogP contribution in [0.3, 0.4) is 0 Å². The topological polar surface area (TPSA) is 48.9 Å². The van der Waals surface area contributed by atoms with E-state index in [1.165, 1.54) is 5.56 Å². The molecule has 0 aliphatic heterocycles. The SMILES string of the molecule is CCNC(=NCC(C)N(C)Cc1ccccc1)NCCOCC. The van der Waals surface area contributed by atoms with Gasteiger partial charge in [0.25, 0.3) is 0 Å². The number of aliphatic imine (C=N–C) groups is 1. The molecule has 0 fully saturated rings. The molecule has 0 saturated heterocycles. The maximum atomic E-state index is 5.34. The third kappa shape index (κ3) is 8.57. The minimum atomic E-state index is 0.373. The van der Waals surface area contributed by atoms with Gasteiger partial charge in [-0.2, -0.15) is 0 Å². The van der Waals surface area contributed by atoms with E-state index in [1.54, 1.807) is 0 Å². The zero-order chi connectivity index (χ0) is 16.9. The van der Waals surface area contributed by atoms with E-state index in [0.29, 0.717) is 12.6 Å². The Labute approximate surface area is 141 Å². The van der Waals surface area contributed by atoms with Crippen molar-refractivity contribution in [2.45, 2.75) is 33.4 Å². The standard InChI is InChI=1S/C18H32N4O/c1-5-19-18(20-12-13-23-6-2)21-14-16(3)22(4)15-17-10-8-7-9-11-17/h7-11,16H,5-6,12-15H2,1-4H3,(H2,19,20,21). The third-order valence-corrected chi connectivity index (χ3v) is 3.63. The smallest absolute Gasteiger partial charge is 0.191 e. The molecule has 1 unspecified atom stereocenters. The van der Waals surface area contributed by atoms with Gasteiger partial charge in [-0.1, -0.05) is 30.3 Å². The number of ether oxygens (including phenoxy) is 1. The summed E-state index contributed by atoms with van der Waals surface area (Å²) in [5.41, 5.74) is 1.33. The van der Waals surface area contributed by atoms with E-state index in [9.17, 15) is 0 Å². The molecule has 1 atom stereocenters. The fourth-order valence-corrected chi connectivity index (χ4v) is 2.12. The Morgan fingerprint density at radius 3 is 2.61 bits per heavy atom. The van der Waals surface area contributed by atoms with Gasteiger partial charge in [0.15, 0.2) is 5.96 Å². The van der Waals surface area contributed by atoms with Gasteiger partial charge in [0.1, 0.15) is 0 Å². The summed E-state index contributed by atoms with van der Waals surface area (Å²) in [5, 5.41) is 6.56. The van der Waals surface area contributed by atoms with Crippen LogP contribution in [0.15, 0.2) is 35.3 Å². The molecule has 0 heterocycles. The Bertz CT molecular complexity index is 436. The van der Waals surface area contributed by atoms with Gasteiger partial charge >= 0.3 is 0 Å². The number of rotatable bonds is 10. The van der Waals surface area contributed by atoms with Crippen molar-refractivity contribution in [2.75, 3.05) is 39.9 Å². The van der Waals surface area contributed by atoms with E-state index in [-0.39, 0.29) is 0 Å². The quantitative estimate of drug-likeness (QED) is 0.394. The molecule has 0 spiro atoms. The van der Waals surface area contributed by atoms with Crippen LogP contribution < -0.4 is 10.6 Å². The van der Waals surface area contributed by atoms with Gasteiger partial charge < -0.3 is 15.4 Å². The number of likely N-dealkylation sites (N-methyl/N-ethyl adjacent to an activating group) is 1. The number of nitrogens with zero attached hydrogens (tertiary/aromatic N) is 2. The maximum absolute atomic E-state index is 5.34.